The lowest BCUT2D eigenvalue weighted by atomic mass is 9.98. The number of nitrogens with zero attached hydrogens (tertiary/aromatic N) is 8. The number of rotatable bonds is 5. The van der Waals surface area contributed by atoms with Gasteiger partial charge in [0.1, 0.15) is 29.2 Å². The van der Waals surface area contributed by atoms with Crippen molar-refractivity contribution in [2.45, 2.75) is 25.4 Å². The van der Waals surface area contributed by atoms with E-state index in [4.69, 9.17) is 5.73 Å². The van der Waals surface area contributed by atoms with E-state index in [1.807, 2.05) is 6.92 Å². The molecule has 0 aliphatic carbocycles. The van der Waals surface area contributed by atoms with E-state index in [9.17, 15) is 22.0 Å². The summed E-state index contributed by atoms with van der Waals surface area (Å²) in [5, 5.41) is 12.4. The molecule has 9 nitrogen and oxygen atoms in total. The molecule has 0 fully saturated rings. The lowest BCUT2D eigenvalue weighted by molar-refractivity contribution is -0.144. The van der Waals surface area contributed by atoms with Gasteiger partial charge in [-0.25, -0.2) is 32.9 Å². The zero-order valence-electron chi connectivity index (χ0n) is 18.4. The number of nitrogen functional groups attached to an aromatic ring is 1. The molecule has 1 aromatic carbocycles. The topological polar surface area (TPSA) is 113 Å². The largest absolute Gasteiger partial charge is 0.451 e. The van der Waals surface area contributed by atoms with Gasteiger partial charge in [0.2, 0.25) is 5.82 Å². The van der Waals surface area contributed by atoms with Crippen LogP contribution in [-0.2, 0) is 6.18 Å². The molecule has 0 saturated carbocycles. The number of halogens is 5. The summed E-state index contributed by atoms with van der Waals surface area (Å²) in [5.74, 6) is -2.94. The Morgan fingerprint density at radius 3 is 2.50 bits per heavy atom. The van der Waals surface area contributed by atoms with Gasteiger partial charge in [-0.3, -0.25) is 0 Å². The standard InChI is InChI=1S/C22H16F5N9/c1-2-13(16-9-35(34-33-16)18-5-12(23)3-4-15(18)24)17-6-14(19-20(28)31-10-32-36(17)19)11-7-29-21(30-8-11)22(25,26)27/h3-10,13H,2H2,1H3,(H2,28,31,32)/t13-/m0/s1. The molecular weight excluding hydrogens is 485 g/mol. The number of alkyl halides is 3. The summed E-state index contributed by atoms with van der Waals surface area (Å²) < 4.78 is 69.3. The Bertz CT molecular complexity index is 1560. The van der Waals surface area contributed by atoms with E-state index in [2.05, 4.69) is 30.4 Å². The van der Waals surface area contributed by atoms with E-state index in [1.165, 1.54) is 17.0 Å². The Kier molecular flexibility index (Phi) is 5.57. The smallest absolute Gasteiger partial charge is 0.382 e. The van der Waals surface area contributed by atoms with Gasteiger partial charge in [0, 0.05) is 35.5 Å². The Morgan fingerprint density at radius 1 is 1.06 bits per heavy atom. The second-order valence-corrected chi connectivity index (χ2v) is 7.83. The number of hydrogen-bond acceptors (Lipinski definition) is 7. The van der Waals surface area contributed by atoms with Gasteiger partial charge < -0.3 is 5.73 Å². The Labute approximate surface area is 199 Å². The van der Waals surface area contributed by atoms with E-state index >= 15 is 0 Å². The predicted octanol–water partition coefficient (Wildman–Crippen LogP) is 4.19. The van der Waals surface area contributed by atoms with Crippen molar-refractivity contribution in [3.05, 3.63) is 78.0 Å². The molecule has 2 N–H and O–H groups in total. The molecule has 5 rings (SSSR count). The number of anilines is 1. The van der Waals surface area contributed by atoms with Gasteiger partial charge in [0.15, 0.2) is 5.82 Å². The maximum Gasteiger partial charge on any atom is 0.451 e. The highest BCUT2D eigenvalue weighted by atomic mass is 19.4. The zero-order chi connectivity index (χ0) is 25.6. The first kappa shape index (κ1) is 23.3. The van der Waals surface area contributed by atoms with E-state index in [0.717, 1.165) is 35.3 Å². The predicted molar refractivity (Wildman–Crippen MR) is 117 cm³/mol. The Balaban J connectivity index is 1.62. The molecule has 1 atom stereocenters. The van der Waals surface area contributed by atoms with Crippen LogP contribution in [0.4, 0.5) is 27.8 Å². The van der Waals surface area contributed by atoms with Crippen LogP contribution in [0.1, 0.15) is 36.5 Å². The van der Waals surface area contributed by atoms with Crippen molar-refractivity contribution >= 4 is 11.3 Å². The van der Waals surface area contributed by atoms with Crippen LogP contribution in [-0.4, -0.2) is 39.6 Å². The van der Waals surface area contributed by atoms with Gasteiger partial charge in [-0.05, 0) is 24.6 Å². The summed E-state index contributed by atoms with van der Waals surface area (Å²) in [6.07, 6.45) is 0.607. The summed E-state index contributed by atoms with van der Waals surface area (Å²) in [5.41, 5.74) is 8.01. The fourth-order valence-corrected chi connectivity index (χ4v) is 3.96. The number of benzene rings is 1. The van der Waals surface area contributed by atoms with Crippen molar-refractivity contribution in [2.24, 2.45) is 0 Å². The third kappa shape index (κ3) is 3.99. The molecule has 14 heteroatoms. The number of fused-ring (bicyclic) bond motifs is 1. The maximum atomic E-state index is 14.2. The molecule has 184 valence electrons. The van der Waals surface area contributed by atoms with Gasteiger partial charge in [0.25, 0.3) is 0 Å². The average molecular weight is 501 g/mol. The van der Waals surface area contributed by atoms with Crippen molar-refractivity contribution in [1.82, 2.24) is 39.6 Å². The summed E-state index contributed by atoms with van der Waals surface area (Å²) >= 11 is 0. The molecule has 0 aliphatic heterocycles. The van der Waals surface area contributed by atoms with Crippen molar-refractivity contribution in [2.75, 3.05) is 5.73 Å². The molecule has 0 amide bonds. The summed E-state index contributed by atoms with van der Waals surface area (Å²) in [4.78, 5) is 10.9. The molecule has 5 aromatic rings. The Hall–Kier alpha value is -4.49. The van der Waals surface area contributed by atoms with Gasteiger partial charge in [-0.2, -0.15) is 18.3 Å². The van der Waals surface area contributed by atoms with Crippen LogP contribution in [0.5, 0.6) is 0 Å². The van der Waals surface area contributed by atoms with E-state index < -0.39 is 29.6 Å². The molecule has 0 unspecified atom stereocenters. The van der Waals surface area contributed by atoms with Gasteiger partial charge >= 0.3 is 6.18 Å². The van der Waals surface area contributed by atoms with E-state index in [-0.39, 0.29) is 17.1 Å². The minimum atomic E-state index is -4.69. The summed E-state index contributed by atoms with van der Waals surface area (Å²) in [6, 6.07) is 4.66. The van der Waals surface area contributed by atoms with Gasteiger partial charge in [-0.15, -0.1) is 5.10 Å². The lowest BCUT2D eigenvalue weighted by Gasteiger charge is -2.11. The lowest BCUT2D eigenvalue weighted by Crippen LogP contribution is -2.10. The first-order valence-corrected chi connectivity index (χ1v) is 10.6. The zero-order valence-corrected chi connectivity index (χ0v) is 18.4. The van der Waals surface area contributed by atoms with Crippen LogP contribution in [0.15, 0.2) is 49.2 Å². The second-order valence-electron chi connectivity index (χ2n) is 7.83. The highest BCUT2D eigenvalue weighted by molar-refractivity contribution is 5.88. The minimum absolute atomic E-state index is 0.0893. The number of nitrogens with two attached hydrogens (primary N) is 1. The molecule has 36 heavy (non-hydrogen) atoms. The highest BCUT2D eigenvalue weighted by Gasteiger charge is 2.34. The third-order valence-corrected chi connectivity index (χ3v) is 5.62. The number of aromatic nitrogens is 8. The van der Waals surface area contributed by atoms with Crippen molar-refractivity contribution in [3.8, 4) is 16.8 Å². The fourth-order valence-electron chi connectivity index (χ4n) is 3.96. The van der Waals surface area contributed by atoms with Crippen LogP contribution < -0.4 is 5.73 Å². The van der Waals surface area contributed by atoms with Gasteiger partial charge in [0.05, 0.1) is 17.6 Å². The molecule has 4 aromatic heterocycles. The second kappa shape index (κ2) is 8.62. The molecule has 0 aliphatic rings. The molecular formula is C22H16F5N9. The van der Waals surface area contributed by atoms with Crippen molar-refractivity contribution in [3.63, 3.8) is 0 Å². The molecule has 0 bridgehead atoms. The minimum Gasteiger partial charge on any atom is -0.382 e. The Morgan fingerprint density at radius 2 is 1.81 bits per heavy atom. The van der Waals surface area contributed by atoms with Crippen LogP contribution in [0.3, 0.4) is 0 Å². The van der Waals surface area contributed by atoms with Crippen LogP contribution in [0.2, 0.25) is 0 Å². The molecule has 0 radical (unpaired) electrons. The van der Waals surface area contributed by atoms with E-state index in [1.54, 1.807) is 6.07 Å². The third-order valence-electron chi connectivity index (χ3n) is 5.62. The van der Waals surface area contributed by atoms with Crippen molar-refractivity contribution < 1.29 is 22.0 Å². The first-order valence-electron chi connectivity index (χ1n) is 10.6. The monoisotopic (exact) mass is 501 g/mol. The molecule has 0 saturated heterocycles. The molecule has 4 heterocycles. The first-order chi connectivity index (χ1) is 17.2. The van der Waals surface area contributed by atoms with Crippen LogP contribution >= 0.6 is 0 Å². The highest BCUT2D eigenvalue weighted by Crippen LogP contribution is 2.36. The van der Waals surface area contributed by atoms with Gasteiger partial charge in [-0.1, -0.05) is 12.1 Å². The molecule has 0 spiro atoms. The SMILES string of the molecule is CC[C@@H](c1cn(-c2cc(F)ccc2F)nn1)c1cc(-c2cnc(C(F)(F)F)nc2)c2c(N)ncnn12. The van der Waals surface area contributed by atoms with E-state index in [0.29, 0.717) is 28.9 Å². The summed E-state index contributed by atoms with van der Waals surface area (Å²) in [7, 11) is 0. The van der Waals surface area contributed by atoms with Crippen LogP contribution in [0, 0.1) is 11.6 Å². The fraction of sp³-hybridized carbons (Fsp3) is 0.182. The summed E-state index contributed by atoms with van der Waals surface area (Å²) in [6.45, 7) is 1.87. The maximum absolute atomic E-state index is 14.2. The normalized spacial score (nSPS) is 12.8. The van der Waals surface area contributed by atoms with Crippen molar-refractivity contribution in [1.29, 1.82) is 0 Å². The average Bonchev–Trinajstić information content (AvgIpc) is 3.48. The quantitative estimate of drug-likeness (QED) is 0.360. The van der Waals surface area contributed by atoms with Crippen LogP contribution in [0.25, 0.3) is 22.3 Å². The number of hydrogen-bond donors (Lipinski definition) is 1.